The number of nitrogens with one attached hydrogen (secondary N) is 4. The van der Waals surface area contributed by atoms with Crippen LogP contribution in [0.3, 0.4) is 0 Å². The number of hydrogen-bond donors (Lipinski definition) is 4. The highest BCUT2D eigenvalue weighted by atomic mass is 16.6. The van der Waals surface area contributed by atoms with Crippen LogP contribution in [0, 0.1) is 0 Å². The third kappa shape index (κ3) is 5.85. The molecule has 3 aromatic rings. The maximum absolute atomic E-state index is 12.6. The summed E-state index contributed by atoms with van der Waals surface area (Å²) in [4.78, 5) is 40.8. The number of carbonyl (C=O) groups excluding carboxylic acids is 2. The van der Waals surface area contributed by atoms with Crippen molar-refractivity contribution >= 4 is 35.0 Å². The van der Waals surface area contributed by atoms with Crippen LogP contribution in [0.2, 0.25) is 0 Å². The summed E-state index contributed by atoms with van der Waals surface area (Å²) in [6.45, 7) is 0.886. The van der Waals surface area contributed by atoms with E-state index in [-0.39, 0.29) is 23.2 Å². The molecule has 2 amide bonds. The molecule has 4 N–H and O–H groups in total. The molecular formula is C18H22N10O4. The van der Waals surface area contributed by atoms with Crippen LogP contribution in [-0.4, -0.2) is 69.0 Å². The van der Waals surface area contributed by atoms with Crippen LogP contribution in [0.25, 0.3) is 0 Å². The molecule has 32 heavy (non-hydrogen) atoms. The first-order chi connectivity index (χ1) is 15.5. The average Bonchev–Trinajstić information content (AvgIpc) is 3.15. The molecule has 0 radical (unpaired) electrons. The second-order valence-electron chi connectivity index (χ2n) is 6.24. The Kier molecular flexibility index (Phi) is 7.42. The van der Waals surface area contributed by atoms with Crippen molar-refractivity contribution in [3.8, 4) is 5.88 Å². The van der Waals surface area contributed by atoms with Gasteiger partial charge >= 0.3 is 6.09 Å². The first-order valence-electron chi connectivity index (χ1n) is 9.36. The molecule has 0 unspecified atom stereocenters. The number of amides is 2. The van der Waals surface area contributed by atoms with Gasteiger partial charge in [0.05, 0.1) is 36.6 Å². The van der Waals surface area contributed by atoms with Gasteiger partial charge in [0, 0.05) is 33.9 Å². The van der Waals surface area contributed by atoms with Crippen LogP contribution in [0.5, 0.6) is 5.88 Å². The maximum Gasteiger partial charge on any atom is 0.418 e. The summed E-state index contributed by atoms with van der Waals surface area (Å²) in [7, 11) is 4.65. The van der Waals surface area contributed by atoms with Gasteiger partial charge < -0.3 is 25.4 Å². The SMILES string of the molecule is CNC(=O)c1nn(C)cc1NC(=O)Oc1nc(NCCOC)ncc1Nc1cncnc1. The second kappa shape index (κ2) is 10.6. The smallest absolute Gasteiger partial charge is 0.389 e. The molecule has 0 aliphatic rings. The van der Waals surface area contributed by atoms with Gasteiger partial charge in [0.15, 0.2) is 5.69 Å². The molecule has 3 aromatic heterocycles. The van der Waals surface area contributed by atoms with Crippen LogP contribution < -0.4 is 26.0 Å². The van der Waals surface area contributed by atoms with Crippen LogP contribution in [-0.2, 0) is 11.8 Å². The Labute approximate surface area is 182 Å². The second-order valence-corrected chi connectivity index (χ2v) is 6.24. The fraction of sp³-hybridized carbons (Fsp3) is 0.278. The van der Waals surface area contributed by atoms with E-state index < -0.39 is 12.0 Å². The van der Waals surface area contributed by atoms with E-state index in [4.69, 9.17) is 9.47 Å². The van der Waals surface area contributed by atoms with Gasteiger partial charge in [-0.1, -0.05) is 0 Å². The molecule has 14 nitrogen and oxygen atoms in total. The Bertz CT molecular complexity index is 1070. The number of ether oxygens (including phenoxy) is 2. The van der Waals surface area contributed by atoms with Crippen molar-refractivity contribution in [1.29, 1.82) is 0 Å². The molecule has 0 bridgehead atoms. The lowest BCUT2D eigenvalue weighted by atomic mass is 10.3. The summed E-state index contributed by atoms with van der Waals surface area (Å²) in [6, 6.07) is 0. The van der Waals surface area contributed by atoms with Crippen molar-refractivity contribution in [3.05, 3.63) is 36.8 Å². The molecule has 0 saturated carbocycles. The number of anilines is 4. The van der Waals surface area contributed by atoms with Gasteiger partial charge in [-0.15, -0.1) is 0 Å². The predicted octanol–water partition coefficient (Wildman–Crippen LogP) is 0.772. The van der Waals surface area contributed by atoms with Gasteiger partial charge in [0.25, 0.3) is 11.8 Å². The van der Waals surface area contributed by atoms with Crippen molar-refractivity contribution in [3.63, 3.8) is 0 Å². The quantitative estimate of drug-likeness (QED) is 0.345. The summed E-state index contributed by atoms with van der Waals surface area (Å²) < 4.78 is 11.8. The summed E-state index contributed by atoms with van der Waals surface area (Å²) in [5.74, 6) is -0.294. The van der Waals surface area contributed by atoms with Crippen molar-refractivity contribution in [2.75, 3.05) is 43.3 Å². The van der Waals surface area contributed by atoms with E-state index in [1.54, 1.807) is 14.2 Å². The van der Waals surface area contributed by atoms with Gasteiger partial charge in [-0.25, -0.2) is 19.7 Å². The minimum atomic E-state index is -0.878. The fourth-order valence-corrected chi connectivity index (χ4v) is 2.49. The molecule has 0 fully saturated rings. The molecule has 0 spiro atoms. The largest absolute Gasteiger partial charge is 0.418 e. The van der Waals surface area contributed by atoms with Gasteiger partial charge in [-0.05, 0) is 0 Å². The predicted molar refractivity (Wildman–Crippen MR) is 114 cm³/mol. The van der Waals surface area contributed by atoms with E-state index in [0.717, 1.165) is 0 Å². The molecule has 0 aliphatic carbocycles. The Hall–Kier alpha value is -4.33. The molecule has 14 heteroatoms. The van der Waals surface area contributed by atoms with Gasteiger partial charge in [-0.2, -0.15) is 10.1 Å². The minimum absolute atomic E-state index is 0.0383. The Balaban J connectivity index is 1.81. The summed E-state index contributed by atoms with van der Waals surface area (Å²) >= 11 is 0. The van der Waals surface area contributed by atoms with Gasteiger partial charge in [-0.3, -0.25) is 14.8 Å². The summed E-state index contributed by atoms with van der Waals surface area (Å²) in [5.41, 5.74) is 1.05. The Morgan fingerprint density at radius 3 is 2.66 bits per heavy atom. The van der Waals surface area contributed by atoms with Crippen molar-refractivity contribution in [1.82, 2.24) is 35.0 Å². The van der Waals surface area contributed by atoms with Crippen molar-refractivity contribution < 1.29 is 19.1 Å². The molecule has 0 aliphatic heterocycles. The third-order valence-electron chi connectivity index (χ3n) is 3.88. The van der Waals surface area contributed by atoms with Gasteiger partial charge in [0.2, 0.25) is 5.95 Å². The normalized spacial score (nSPS) is 10.3. The van der Waals surface area contributed by atoms with E-state index in [2.05, 4.69) is 46.3 Å². The van der Waals surface area contributed by atoms with Crippen molar-refractivity contribution in [2.24, 2.45) is 7.05 Å². The van der Waals surface area contributed by atoms with Crippen LogP contribution >= 0.6 is 0 Å². The molecule has 3 heterocycles. The minimum Gasteiger partial charge on any atom is -0.389 e. The monoisotopic (exact) mass is 442 g/mol. The number of carbonyl (C=O) groups is 2. The highest BCUT2D eigenvalue weighted by Gasteiger charge is 2.19. The van der Waals surface area contributed by atoms with Crippen LogP contribution in [0.4, 0.5) is 27.8 Å². The van der Waals surface area contributed by atoms with Crippen LogP contribution in [0.1, 0.15) is 10.5 Å². The Morgan fingerprint density at radius 2 is 1.94 bits per heavy atom. The van der Waals surface area contributed by atoms with E-state index in [9.17, 15) is 9.59 Å². The average molecular weight is 442 g/mol. The topological polar surface area (TPSA) is 170 Å². The zero-order chi connectivity index (χ0) is 22.9. The lowest BCUT2D eigenvalue weighted by molar-refractivity contribution is 0.0958. The number of aromatic nitrogens is 6. The lowest BCUT2D eigenvalue weighted by Gasteiger charge is -2.13. The zero-order valence-corrected chi connectivity index (χ0v) is 17.6. The number of rotatable bonds is 9. The number of nitrogens with zero attached hydrogens (tertiary/aromatic N) is 6. The first-order valence-corrected chi connectivity index (χ1v) is 9.36. The molecule has 3 rings (SSSR count). The van der Waals surface area contributed by atoms with E-state index in [1.165, 1.54) is 42.8 Å². The molecule has 0 atom stereocenters. The lowest BCUT2D eigenvalue weighted by Crippen LogP contribution is -2.23. The summed E-state index contributed by atoms with van der Waals surface area (Å²) in [6.07, 6.45) is 6.49. The van der Waals surface area contributed by atoms with E-state index >= 15 is 0 Å². The standard InChI is InChI=1S/C18H22N10O4/c1-19-15(29)14-13(9-28(2)27-14)25-18(30)32-16-12(24-11-6-20-10-21-7-11)8-23-17(26-16)22-4-5-31-3/h6-10,24H,4-5H2,1-3H3,(H,19,29)(H,25,30)(H,22,23,26). The molecule has 168 valence electrons. The number of aryl methyl sites for hydroxylation is 1. The molecular weight excluding hydrogens is 420 g/mol. The van der Waals surface area contributed by atoms with Crippen LogP contribution in [0.15, 0.2) is 31.1 Å². The molecule has 0 saturated heterocycles. The summed E-state index contributed by atoms with van der Waals surface area (Å²) in [5, 5.41) is 14.9. The van der Waals surface area contributed by atoms with E-state index in [0.29, 0.717) is 24.5 Å². The fourth-order valence-electron chi connectivity index (χ4n) is 2.49. The highest BCUT2D eigenvalue weighted by molar-refractivity contribution is 6.01. The van der Waals surface area contributed by atoms with Crippen molar-refractivity contribution in [2.45, 2.75) is 0 Å². The molecule has 0 aromatic carbocycles. The zero-order valence-electron chi connectivity index (χ0n) is 17.6. The number of methoxy groups -OCH3 is 1. The number of hydrogen-bond acceptors (Lipinski definition) is 11. The maximum atomic E-state index is 12.6. The van der Waals surface area contributed by atoms with E-state index in [1.807, 2.05) is 0 Å². The Morgan fingerprint density at radius 1 is 1.16 bits per heavy atom. The third-order valence-corrected chi connectivity index (χ3v) is 3.88. The van der Waals surface area contributed by atoms with Gasteiger partial charge in [0.1, 0.15) is 12.0 Å². The first kappa shape index (κ1) is 22.4. The highest BCUT2D eigenvalue weighted by Crippen LogP contribution is 2.26.